The summed E-state index contributed by atoms with van der Waals surface area (Å²) in [6.45, 7) is 0. The van der Waals surface area contributed by atoms with Crippen LogP contribution in [0.1, 0.15) is 5.56 Å². The molecule has 0 radical (unpaired) electrons. The minimum atomic E-state index is -3.12. The van der Waals surface area contributed by atoms with Gasteiger partial charge in [-0.05, 0) is 66.2 Å². The van der Waals surface area contributed by atoms with E-state index in [1.165, 1.54) is 6.26 Å². The Morgan fingerprint density at radius 2 is 1.69 bits per heavy atom. The van der Waals surface area contributed by atoms with Gasteiger partial charge >= 0.3 is 6.09 Å². The molecule has 0 atom stereocenters. The normalized spacial score (nSPS) is 11.3. The van der Waals surface area contributed by atoms with E-state index >= 15 is 0 Å². The van der Waals surface area contributed by atoms with Crippen molar-refractivity contribution in [2.24, 2.45) is 7.05 Å². The zero-order chi connectivity index (χ0) is 30.0. The van der Waals surface area contributed by atoms with Crippen molar-refractivity contribution < 1.29 is 23.1 Å². The highest BCUT2D eigenvalue weighted by atomic mass is 32.2. The van der Waals surface area contributed by atoms with E-state index in [0.29, 0.717) is 40.0 Å². The fraction of sp³-hybridized carbons (Fsp3) is 0.172. The lowest BCUT2D eigenvalue weighted by molar-refractivity contribution is 0.204. The quantitative estimate of drug-likeness (QED) is 0.235. The topological polar surface area (TPSA) is 143 Å². The summed E-state index contributed by atoms with van der Waals surface area (Å²) < 4.78 is 30.0. The first-order chi connectivity index (χ1) is 20.0. The molecular weight excluding hydrogens is 558 g/mol. The average Bonchev–Trinajstić information content (AvgIpc) is 3.28. The molecular formula is C29H29N7O5S. The fourth-order valence-corrected chi connectivity index (χ4v) is 5.27. The maximum absolute atomic E-state index is 12.3. The van der Waals surface area contributed by atoms with Crippen LogP contribution >= 0.6 is 0 Å². The predicted molar refractivity (Wildman–Crippen MR) is 162 cm³/mol. The average molecular weight is 588 g/mol. The van der Waals surface area contributed by atoms with E-state index in [-0.39, 0.29) is 11.7 Å². The summed E-state index contributed by atoms with van der Waals surface area (Å²) in [5, 5.41) is 13.2. The van der Waals surface area contributed by atoms with E-state index in [1.54, 1.807) is 79.5 Å². The number of benzene rings is 3. The van der Waals surface area contributed by atoms with Crippen molar-refractivity contribution in [2.75, 3.05) is 35.5 Å². The maximum Gasteiger partial charge on any atom is 0.418 e. The van der Waals surface area contributed by atoms with Gasteiger partial charge < -0.3 is 24.6 Å². The second-order valence-electron chi connectivity index (χ2n) is 9.65. The molecule has 0 fully saturated rings. The molecule has 216 valence electrons. The molecule has 13 heteroatoms. The van der Waals surface area contributed by atoms with Crippen LogP contribution in [0.3, 0.4) is 0 Å². The van der Waals surface area contributed by atoms with Crippen LogP contribution in [0.25, 0.3) is 11.0 Å². The second kappa shape index (κ2) is 11.4. The summed E-state index contributed by atoms with van der Waals surface area (Å²) in [5.74, 6) is 1.82. The lowest BCUT2D eigenvalue weighted by Crippen LogP contribution is -2.26. The molecule has 2 aromatic heterocycles. The van der Waals surface area contributed by atoms with Crippen LogP contribution in [-0.2, 0) is 22.6 Å². The van der Waals surface area contributed by atoms with Crippen molar-refractivity contribution >= 4 is 61.7 Å². The van der Waals surface area contributed by atoms with E-state index in [4.69, 9.17) is 4.74 Å². The summed E-state index contributed by atoms with van der Waals surface area (Å²) in [5.41, 5.74) is 4.00. The Labute approximate surface area is 242 Å². The summed E-state index contributed by atoms with van der Waals surface area (Å²) in [6.07, 6.45) is 1.67. The number of nitrogens with one attached hydrogen (secondary N) is 1. The second-order valence-corrected chi connectivity index (χ2v) is 11.8. The van der Waals surface area contributed by atoms with Crippen molar-refractivity contribution in [1.82, 2.24) is 19.5 Å². The van der Waals surface area contributed by atoms with Gasteiger partial charge in [0.25, 0.3) is 0 Å². The number of amides is 1. The van der Waals surface area contributed by atoms with Crippen LogP contribution in [0.5, 0.6) is 5.75 Å². The molecule has 0 aliphatic carbocycles. The van der Waals surface area contributed by atoms with Crippen molar-refractivity contribution in [1.29, 1.82) is 0 Å². The Morgan fingerprint density at radius 1 is 1.00 bits per heavy atom. The minimum absolute atomic E-state index is 0.0258. The van der Waals surface area contributed by atoms with Crippen LogP contribution in [0, 0.1) is 0 Å². The zero-order valence-corrected chi connectivity index (χ0v) is 24.2. The summed E-state index contributed by atoms with van der Waals surface area (Å²) in [7, 11) is 2.06. The van der Waals surface area contributed by atoms with E-state index in [1.807, 2.05) is 30.1 Å². The van der Waals surface area contributed by atoms with Gasteiger partial charge in [0.2, 0.25) is 11.9 Å². The number of methoxy groups -OCH3 is 1. The Balaban J connectivity index is 1.39. The molecule has 0 saturated carbocycles. The summed E-state index contributed by atoms with van der Waals surface area (Å²) >= 11 is 0. The molecule has 0 saturated heterocycles. The van der Waals surface area contributed by atoms with Gasteiger partial charge in [-0.15, -0.1) is 0 Å². The standard InChI is InChI=1S/C29H29N7O5S/c1-34(26-15-16-30-27(33-26)31-20-7-5-19(6-8-20)18-42(4,39)40)22-11-14-25-24(17-22)32-28(35(25)2)36(29(37)38)21-9-12-23(41-3)13-10-21/h5-17H,18H2,1-4H3,(H,37,38)(H,30,31,33). The summed E-state index contributed by atoms with van der Waals surface area (Å²) in [4.78, 5) is 28.8. The Bertz CT molecular complexity index is 1860. The summed E-state index contributed by atoms with van der Waals surface area (Å²) in [6, 6.07) is 21.2. The van der Waals surface area contributed by atoms with Crippen LogP contribution in [0.4, 0.5) is 39.6 Å². The van der Waals surface area contributed by atoms with E-state index < -0.39 is 15.9 Å². The Kier molecular flexibility index (Phi) is 7.68. The van der Waals surface area contributed by atoms with Gasteiger partial charge in [0.05, 0.1) is 29.6 Å². The number of hydrogen-bond donors (Lipinski definition) is 2. The van der Waals surface area contributed by atoms with E-state index in [9.17, 15) is 18.3 Å². The Hall–Kier alpha value is -5.17. The number of aromatic nitrogens is 4. The number of carbonyl (C=O) groups is 1. The first-order valence-corrected chi connectivity index (χ1v) is 14.8. The molecule has 2 heterocycles. The number of aryl methyl sites for hydroxylation is 1. The van der Waals surface area contributed by atoms with Crippen LogP contribution in [0.15, 0.2) is 79.0 Å². The number of ether oxygens (including phenoxy) is 1. The number of sulfone groups is 1. The highest BCUT2D eigenvalue weighted by molar-refractivity contribution is 7.89. The van der Waals surface area contributed by atoms with Crippen molar-refractivity contribution in [2.45, 2.75) is 5.75 Å². The number of nitrogens with zero attached hydrogens (tertiary/aromatic N) is 6. The van der Waals surface area contributed by atoms with Gasteiger partial charge in [-0.2, -0.15) is 4.98 Å². The molecule has 5 rings (SSSR count). The van der Waals surface area contributed by atoms with Crippen LogP contribution < -0.4 is 19.9 Å². The number of fused-ring (bicyclic) bond motifs is 1. The smallest absolute Gasteiger partial charge is 0.418 e. The minimum Gasteiger partial charge on any atom is -0.497 e. The Morgan fingerprint density at radius 3 is 2.33 bits per heavy atom. The highest BCUT2D eigenvalue weighted by Gasteiger charge is 2.23. The number of anilines is 6. The van der Waals surface area contributed by atoms with E-state index in [2.05, 4.69) is 20.3 Å². The highest BCUT2D eigenvalue weighted by Crippen LogP contribution is 2.32. The number of rotatable bonds is 9. The molecule has 0 unspecified atom stereocenters. The first kappa shape index (κ1) is 28.4. The third kappa shape index (κ3) is 6.10. The molecule has 0 spiro atoms. The van der Waals surface area contributed by atoms with Crippen molar-refractivity contribution in [3.05, 3.63) is 84.6 Å². The largest absolute Gasteiger partial charge is 0.497 e. The first-order valence-electron chi connectivity index (χ1n) is 12.8. The van der Waals surface area contributed by atoms with Gasteiger partial charge in [-0.3, -0.25) is 0 Å². The molecule has 12 nitrogen and oxygen atoms in total. The number of imidazole rings is 1. The molecule has 3 aromatic carbocycles. The van der Waals surface area contributed by atoms with Crippen LogP contribution in [-0.4, -0.2) is 59.5 Å². The molecule has 1 amide bonds. The van der Waals surface area contributed by atoms with Crippen molar-refractivity contribution in [3.63, 3.8) is 0 Å². The van der Waals surface area contributed by atoms with Gasteiger partial charge in [-0.25, -0.2) is 28.1 Å². The lowest BCUT2D eigenvalue weighted by atomic mass is 10.2. The molecule has 0 aliphatic rings. The predicted octanol–water partition coefficient (Wildman–Crippen LogP) is 5.24. The maximum atomic E-state index is 12.3. The van der Waals surface area contributed by atoms with E-state index in [0.717, 1.165) is 16.1 Å². The SMILES string of the molecule is COc1ccc(N(C(=O)O)c2nc3cc(N(C)c4ccnc(Nc5ccc(CS(C)(=O)=O)cc5)n4)ccc3n2C)cc1. The molecule has 0 aliphatic heterocycles. The fourth-order valence-electron chi connectivity index (χ4n) is 4.47. The van der Waals surface area contributed by atoms with Gasteiger partial charge in [-0.1, -0.05) is 12.1 Å². The third-order valence-electron chi connectivity index (χ3n) is 6.57. The number of hydrogen-bond acceptors (Lipinski definition) is 9. The van der Waals surface area contributed by atoms with Gasteiger partial charge in [0, 0.05) is 37.9 Å². The molecule has 42 heavy (non-hydrogen) atoms. The molecule has 2 N–H and O–H groups in total. The third-order valence-corrected chi connectivity index (χ3v) is 7.43. The van der Waals surface area contributed by atoms with Gasteiger partial charge in [0.1, 0.15) is 11.6 Å². The lowest BCUT2D eigenvalue weighted by Gasteiger charge is -2.19. The zero-order valence-electron chi connectivity index (χ0n) is 23.4. The van der Waals surface area contributed by atoms with Crippen molar-refractivity contribution in [3.8, 4) is 5.75 Å². The number of carboxylic acid groups (broad SMARTS) is 1. The molecule has 0 bridgehead atoms. The molecule has 5 aromatic rings. The van der Waals surface area contributed by atoms with Gasteiger partial charge in [0.15, 0.2) is 9.84 Å². The van der Waals surface area contributed by atoms with Crippen LogP contribution in [0.2, 0.25) is 0 Å². The monoisotopic (exact) mass is 587 g/mol.